The topological polar surface area (TPSA) is 125 Å². The maximum atomic E-state index is 13.6. The summed E-state index contributed by atoms with van der Waals surface area (Å²) in [6, 6.07) is 11.4. The Labute approximate surface area is 301 Å². The van der Waals surface area contributed by atoms with Gasteiger partial charge in [-0.3, -0.25) is 9.59 Å². The number of nitrogens with one attached hydrogen (secondary N) is 1. The number of fused-ring (bicyclic) bond motifs is 3. The van der Waals surface area contributed by atoms with Crippen molar-refractivity contribution in [2.75, 3.05) is 51.4 Å². The molecule has 274 valence electrons. The first-order valence-corrected chi connectivity index (χ1v) is 20.2. The minimum Gasteiger partial charge on any atom is -0.490 e. The molecule has 6 rings (SSSR count). The first-order valence-electron chi connectivity index (χ1n) is 18.2. The Bertz CT molecular complexity index is 1670. The second kappa shape index (κ2) is 15.4. The molecule has 2 aromatic carbocycles. The lowest BCUT2D eigenvalue weighted by atomic mass is 9.68. The number of sulfonamides is 1. The van der Waals surface area contributed by atoms with E-state index in [0.717, 1.165) is 42.8 Å². The molecule has 6 atom stereocenters. The first kappa shape index (κ1) is 36.9. The smallest absolute Gasteiger partial charge is 0.264 e. The molecule has 10 nitrogen and oxygen atoms in total. The number of amides is 2. The first-order chi connectivity index (χ1) is 23.9. The van der Waals surface area contributed by atoms with Crippen LogP contribution in [-0.4, -0.2) is 88.1 Å². The van der Waals surface area contributed by atoms with Gasteiger partial charge in [0.25, 0.3) is 11.8 Å². The molecule has 2 fully saturated rings. The zero-order valence-electron chi connectivity index (χ0n) is 29.5. The Morgan fingerprint density at radius 3 is 2.70 bits per heavy atom. The number of halogens is 1. The van der Waals surface area contributed by atoms with E-state index in [1.165, 1.54) is 11.1 Å². The molecular weight excluding hydrogens is 678 g/mol. The minimum absolute atomic E-state index is 0.0475. The normalized spacial score (nSPS) is 26.3. The molecule has 2 amide bonds. The number of aliphatic hydroxyl groups excluding tert-OH is 1. The molecule has 0 aromatic heterocycles. The Morgan fingerprint density at radius 2 is 1.94 bits per heavy atom. The zero-order valence-corrected chi connectivity index (χ0v) is 31.1. The summed E-state index contributed by atoms with van der Waals surface area (Å²) in [5.41, 5.74) is 3.21. The average molecular weight is 730 g/mol. The van der Waals surface area contributed by atoms with E-state index < -0.39 is 27.3 Å². The van der Waals surface area contributed by atoms with Gasteiger partial charge in [0.2, 0.25) is 10.0 Å². The van der Waals surface area contributed by atoms with Crippen LogP contribution in [-0.2, 0) is 31.4 Å². The van der Waals surface area contributed by atoms with Gasteiger partial charge in [-0.05, 0) is 118 Å². The van der Waals surface area contributed by atoms with Crippen molar-refractivity contribution >= 4 is 39.1 Å². The molecule has 4 aliphatic rings. The highest BCUT2D eigenvalue weighted by Crippen LogP contribution is 2.47. The van der Waals surface area contributed by atoms with Crippen LogP contribution in [0.25, 0.3) is 0 Å². The number of aryl methyl sites for hydroxylation is 1. The third-order valence-electron chi connectivity index (χ3n) is 11.8. The van der Waals surface area contributed by atoms with Crippen molar-refractivity contribution in [3.8, 4) is 5.75 Å². The summed E-state index contributed by atoms with van der Waals surface area (Å²) in [5.74, 6) is 0.507. The summed E-state index contributed by atoms with van der Waals surface area (Å²) in [6.07, 6.45) is 7.20. The zero-order chi connectivity index (χ0) is 35.6. The van der Waals surface area contributed by atoms with Crippen molar-refractivity contribution < 1.29 is 32.6 Å². The summed E-state index contributed by atoms with van der Waals surface area (Å²) in [7, 11) is -2.12. The molecule has 0 unspecified atom stereocenters. The number of anilines is 1. The van der Waals surface area contributed by atoms with E-state index in [1.54, 1.807) is 30.0 Å². The molecule has 12 heteroatoms. The van der Waals surface area contributed by atoms with Gasteiger partial charge >= 0.3 is 0 Å². The Hall–Kier alpha value is -2.86. The predicted octanol–water partition coefficient (Wildman–Crippen LogP) is 5.33. The number of morpholine rings is 1. The van der Waals surface area contributed by atoms with Crippen LogP contribution in [0.2, 0.25) is 5.02 Å². The van der Waals surface area contributed by atoms with Crippen molar-refractivity contribution in [2.45, 2.75) is 88.4 Å². The Balaban J connectivity index is 1.27. The van der Waals surface area contributed by atoms with Crippen molar-refractivity contribution in [2.24, 2.45) is 17.8 Å². The van der Waals surface area contributed by atoms with E-state index in [2.05, 4.69) is 21.8 Å². The van der Waals surface area contributed by atoms with Crippen LogP contribution in [0.5, 0.6) is 5.75 Å². The number of hydrogen-bond donors (Lipinski definition) is 2. The van der Waals surface area contributed by atoms with E-state index >= 15 is 0 Å². The molecule has 0 radical (unpaired) electrons. The molecular formula is C38H52ClN3O7S. The van der Waals surface area contributed by atoms with Gasteiger partial charge in [-0.25, -0.2) is 13.1 Å². The predicted molar refractivity (Wildman–Crippen MR) is 194 cm³/mol. The summed E-state index contributed by atoms with van der Waals surface area (Å²) >= 11 is 6.44. The quantitative estimate of drug-likeness (QED) is 0.281. The van der Waals surface area contributed by atoms with Gasteiger partial charge in [0.15, 0.2) is 0 Å². The minimum atomic E-state index is -3.95. The van der Waals surface area contributed by atoms with E-state index in [1.807, 2.05) is 20.0 Å². The number of carbonyl (C=O) groups excluding carboxylic acids is 2. The van der Waals surface area contributed by atoms with E-state index in [9.17, 15) is 18.0 Å². The van der Waals surface area contributed by atoms with Crippen LogP contribution in [0, 0.1) is 17.8 Å². The average Bonchev–Trinajstić information content (AvgIpc) is 3.23. The van der Waals surface area contributed by atoms with Crippen molar-refractivity contribution in [1.82, 2.24) is 9.62 Å². The number of unbranched alkanes of at least 4 members (excludes halogenated alkanes) is 1. The SMILES string of the molecule is C[C@H]([C@@H](C)CCCCO)S(=O)(=O)NC(=O)c1ccc2c(c1)N(C[C@@H]1CC[C@H]1C[C@@H]1OCCN(C)C1=O)C[C@@]1(CCCc3cc(Cl)ccc31)CO2. The molecule has 1 spiro atoms. The maximum absolute atomic E-state index is 13.6. The lowest BCUT2D eigenvalue weighted by molar-refractivity contribution is -0.153. The third kappa shape index (κ3) is 7.81. The molecule has 2 aliphatic heterocycles. The van der Waals surface area contributed by atoms with Crippen molar-refractivity contribution in [3.63, 3.8) is 0 Å². The third-order valence-corrected chi connectivity index (χ3v) is 14.0. The Morgan fingerprint density at radius 1 is 1.14 bits per heavy atom. The molecule has 1 saturated heterocycles. The van der Waals surface area contributed by atoms with Crippen molar-refractivity contribution in [1.29, 1.82) is 0 Å². The van der Waals surface area contributed by atoms with Gasteiger partial charge in [-0.15, -0.1) is 0 Å². The molecule has 2 aromatic rings. The number of benzene rings is 2. The Kier molecular flexibility index (Phi) is 11.4. The highest BCUT2D eigenvalue weighted by molar-refractivity contribution is 7.90. The molecule has 2 heterocycles. The maximum Gasteiger partial charge on any atom is 0.264 e. The van der Waals surface area contributed by atoms with Crippen LogP contribution in [0.1, 0.15) is 86.7 Å². The van der Waals surface area contributed by atoms with Gasteiger partial charge in [0.05, 0.1) is 24.2 Å². The second-order valence-electron chi connectivity index (χ2n) is 15.1. The summed E-state index contributed by atoms with van der Waals surface area (Å²) in [6.45, 7) is 6.58. The van der Waals surface area contributed by atoms with Crippen LogP contribution in [0.15, 0.2) is 36.4 Å². The van der Waals surface area contributed by atoms with E-state index in [4.69, 9.17) is 26.2 Å². The number of likely N-dealkylation sites (N-methyl/N-ethyl adjacent to an activating group) is 1. The summed E-state index contributed by atoms with van der Waals surface area (Å²) < 4.78 is 41.5. The van der Waals surface area contributed by atoms with Gasteiger partial charge in [-0.2, -0.15) is 0 Å². The second-order valence-corrected chi connectivity index (χ2v) is 17.6. The van der Waals surface area contributed by atoms with Gasteiger partial charge in [0.1, 0.15) is 11.9 Å². The van der Waals surface area contributed by atoms with Crippen LogP contribution >= 0.6 is 11.6 Å². The fourth-order valence-corrected chi connectivity index (χ4v) is 9.83. The van der Waals surface area contributed by atoms with E-state index in [0.29, 0.717) is 76.1 Å². The fourth-order valence-electron chi connectivity index (χ4n) is 8.33. The summed E-state index contributed by atoms with van der Waals surface area (Å²) in [5, 5.41) is 9.06. The van der Waals surface area contributed by atoms with Crippen LogP contribution in [0.3, 0.4) is 0 Å². The number of carbonyl (C=O) groups is 2. The number of ether oxygens (including phenoxy) is 2. The lowest BCUT2D eigenvalue weighted by Gasteiger charge is -2.45. The lowest BCUT2D eigenvalue weighted by Crippen LogP contribution is -2.50. The summed E-state index contributed by atoms with van der Waals surface area (Å²) in [4.78, 5) is 30.6. The van der Waals surface area contributed by atoms with Gasteiger partial charge < -0.3 is 24.4 Å². The van der Waals surface area contributed by atoms with Crippen LogP contribution < -0.4 is 14.4 Å². The highest BCUT2D eigenvalue weighted by Gasteiger charge is 2.44. The molecule has 0 bridgehead atoms. The number of rotatable bonds is 12. The largest absolute Gasteiger partial charge is 0.490 e. The molecule has 1 saturated carbocycles. The molecule has 50 heavy (non-hydrogen) atoms. The van der Waals surface area contributed by atoms with Crippen LogP contribution in [0.4, 0.5) is 5.69 Å². The highest BCUT2D eigenvalue weighted by atomic mass is 35.5. The monoisotopic (exact) mass is 729 g/mol. The number of nitrogens with zero attached hydrogens (tertiary/aromatic N) is 2. The fraction of sp³-hybridized carbons (Fsp3) is 0.632. The van der Waals surface area contributed by atoms with Gasteiger partial charge in [-0.1, -0.05) is 31.0 Å². The molecule has 2 N–H and O–H groups in total. The molecule has 2 aliphatic carbocycles. The number of hydrogen-bond acceptors (Lipinski definition) is 8. The number of aliphatic hydroxyl groups is 1. The van der Waals surface area contributed by atoms with Gasteiger partial charge in [0, 0.05) is 49.3 Å². The van der Waals surface area contributed by atoms with Crippen molar-refractivity contribution in [3.05, 3.63) is 58.1 Å². The standard InChI is InChI=1S/C38H52ClN3O7S/c1-25(7-4-5-17-43)26(2)50(46,47)40-36(44)29-11-14-34-33(20-29)42(22-30-10-9-27(30)21-35-37(45)41(3)16-18-48-35)23-38(24-49-34)15-6-8-28-19-31(39)12-13-32(28)38/h11-14,19-20,25-27,30,35,43H,4-10,15-18,21-24H2,1-3H3,(H,40,44)/t25-,26+,27-,30-,35-,38-/m0/s1. The van der Waals surface area contributed by atoms with E-state index in [-0.39, 0.29) is 29.4 Å².